The first kappa shape index (κ1) is 6.98. The molecule has 0 spiro atoms. The molecule has 0 fully saturated rings. The zero-order chi connectivity index (χ0) is 5.86. The van der Waals surface area contributed by atoms with Crippen LogP contribution in [0.3, 0.4) is 0 Å². The summed E-state index contributed by atoms with van der Waals surface area (Å²) in [5.41, 5.74) is 0. The summed E-state index contributed by atoms with van der Waals surface area (Å²) in [6.07, 6.45) is 0.840. The second-order valence-corrected chi connectivity index (χ2v) is 2.08. The van der Waals surface area contributed by atoms with E-state index in [1.807, 2.05) is 0 Å². The normalized spacial score (nSPS) is 14.3. The number of hydrogen-bond donors (Lipinski definition) is 1. The highest BCUT2D eigenvalue weighted by atomic mass is 32.1. The van der Waals surface area contributed by atoms with E-state index in [-0.39, 0.29) is 6.04 Å². The fourth-order valence-corrected chi connectivity index (χ4v) is 0.143. The van der Waals surface area contributed by atoms with Crippen LogP contribution in [0.2, 0.25) is 0 Å². The molecule has 3 heteroatoms. The molecule has 0 saturated carbocycles. The monoisotopic (exact) mass is 119 g/mol. The molecule has 0 saturated heterocycles. The molecule has 7 heavy (non-hydrogen) atoms. The minimum atomic E-state index is -0.0802. The molecule has 0 aromatic rings. The molecule has 0 radical (unpaired) electrons. The summed E-state index contributed by atoms with van der Waals surface area (Å²) in [6, 6.07) is -0.0802. The zero-order valence-corrected chi connectivity index (χ0v) is 5.35. The smallest absolute Gasteiger partial charge is 0.137 e. The molecule has 0 aliphatic carbocycles. The van der Waals surface area contributed by atoms with Crippen molar-refractivity contribution in [3.05, 3.63) is 0 Å². The molecule has 2 nitrogen and oxygen atoms in total. The van der Waals surface area contributed by atoms with Gasteiger partial charge in [-0.05, 0) is 14.0 Å². The minimum Gasteiger partial charge on any atom is -0.302 e. The van der Waals surface area contributed by atoms with E-state index in [1.54, 1.807) is 18.3 Å². The van der Waals surface area contributed by atoms with E-state index in [0.29, 0.717) is 0 Å². The van der Waals surface area contributed by atoms with Gasteiger partial charge in [0, 0.05) is 0 Å². The summed E-state index contributed by atoms with van der Waals surface area (Å²) in [6.45, 7) is 1.78. The van der Waals surface area contributed by atoms with Crippen LogP contribution in [0.4, 0.5) is 0 Å². The molecule has 0 N–H and O–H groups in total. The first-order chi connectivity index (χ1) is 3.18. The van der Waals surface area contributed by atoms with Crippen molar-refractivity contribution < 1.29 is 4.79 Å². The Balaban J connectivity index is 3.33. The van der Waals surface area contributed by atoms with Crippen LogP contribution in [-0.4, -0.2) is 23.7 Å². The van der Waals surface area contributed by atoms with Gasteiger partial charge in [-0.3, -0.25) is 0 Å². The van der Waals surface area contributed by atoms with E-state index in [9.17, 15) is 4.79 Å². The van der Waals surface area contributed by atoms with Crippen molar-refractivity contribution in [2.45, 2.75) is 13.0 Å². The highest BCUT2D eigenvalue weighted by Crippen LogP contribution is 1.91. The third kappa shape index (κ3) is 2.65. The van der Waals surface area contributed by atoms with Crippen molar-refractivity contribution >= 4 is 19.1 Å². The molecule has 0 amide bonds. The fraction of sp³-hybridized carbons (Fsp3) is 0.750. The van der Waals surface area contributed by atoms with Gasteiger partial charge in [0.2, 0.25) is 0 Å². The van der Waals surface area contributed by atoms with Crippen LogP contribution in [0, 0.1) is 0 Å². The van der Waals surface area contributed by atoms with E-state index in [0.717, 1.165) is 6.29 Å². The van der Waals surface area contributed by atoms with E-state index in [2.05, 4.69) is 12.8 Å². The first-order valence-corrected chi connectivity index (χ1v) is 2.45. The Morgan fingerprint density at radius 1 is 1.86 bits per heavy atom. The summed E-state index contributed by atoms with van der Waals surface area (Å²) in [5, 5.41) is 0. The van der Waals surface area contributed by atoms with Gasteiger partial charge in [-0.2, -0.15) is 0 Å². The van der Waals surface area contributed by atoms with Crippen LogP contribution < -0.4 is 0 Å². The number of aldehydes is 1. The van der Waals surface area contributed by atoms with E-state index >= 15 is 0 Å². The maximum Gasteiger partial charge on any atom is 0.137 e. The molecule has 0 heterocycles. The van der Waals surface area contributed by atoms with Crippen LogP contribution >= 0.6 is 12.8 Å². The zero-order valence-electron chi connectivity index (χ0n) is 4.46. The Morgan fingerprint density at radius 2 is 2.29 bits per heavy atom. The lowest BCUT2D eigenvalue weighted by atomic mass is 10.4. The lowest BCUT2D eigenvalue weighted by Crippen LogP contribution is -2.20. The summed E-state index contributed by atoms with van der Waals surface area (Å²) < 4.78 is 1.55. The average molecular weight is 119 g/mol. The second-order valence-electron chi connectivity index (χ2n) is 1.45. The first-order valence-electron chi connectivity index (χ1n) is 2.05. The van der Waals surface area contributed by atoms with Crippen LogP contribution in [0.25, 0.3) is 0 Å². The fourth-order valence-electron chi connectivity index (χ4n) is 0.0881. The average Bonchev–Trinajstić information content (AvgIpc) is 1.65. The van der Waals surface area contributed by atoms with Crippen molar-refractivity contribution in [3.63, 3.8) is 0 Å². The Labute approximate surface area is 49.0 Å². The van der Waals surface area contributed by atoms with Crippen molar-refractivity contribution in [2.75, 3.05) is 7.05 Å². The van der Waals surface area contributed by atoms with Crippen molar-refractivity contribution in [3.8, 4) is 0 Å². The molecule has 0 aromatic carbocycles. The number of thiol groups is 1. The van der Waals surface area contributed by atoms with Crippen LogP contribution in [0.15, 0.2) is 0 Å². The van der Waals surface area contributed by atoms with Gasteiger partial charge in [0.1, 0.15) is 6.29 Å². The SMILES string of the molecule is CC(C=O)N(C)S. The van der Waals surface area contributed by atoms with Gasteiger partial charge >= 0.3 is 0 Å². The second kappa shape index (κ2) is 3.04. The molecule has 0 aromatic heterocycles. The Morgan fingerprint density at radius 3 is 2.29 bits per heavy atom. The van der Waals surface area contributed by atoms with Gasteiger partial charge in [0.25, 0.3) is 0 Å². The molecule has 1 atom stereocenters. The van der Waals surface area contributed by atoms with Crippen molar-refractivity contribution in [1.29, 1.82) is 0 Å². The molecular weight excluding hydrogens is 110 g/mol. The molecule has 0 aliphatic heterocycles. The highest BCUT2D eigenvalue weighted by Gasteiger charge is 1.99. The standard InChI is InChI=1S/C4H9NOS/c1-4(3-6)5(2)7/h3-4,7H,1-2H3. The number of hydrogen-bond acceptors (Lipinski definition) is 3. The Bertz CT molecular complexity index is 64.7. The molecular formula is C4H9NOS. The number of rotatable bonds is 2. The number of nitrogens with zero attached hydrogens (tertiary/aromatic N) is 1. The molecule has 0 aliphatic rings. The van der Waals surface area contributed by atoms with E-state index in [4.69, 9.17) is 0 Å². The number of carbonyl (C=O) groups excluding carboxylic acids is 1. The quantitative estimate of drug-likeness (QED) is 0.418. The minimum absolute atomic E-state index is 0.0802. The van der Waals surface area contributed by atoms with Crippen molar-refractivity contribution in [1.82, 2.24) is 4.31 Å². The predicted octanol–water partition coefficient (Wildman–Crippen LogP) is 0.350. The Hall–Kier alpha value is -0.0200. The topological polar surface area (TPSA) is 20.3 Å². The highest BCUT2D eigenvalue weighted by molar-refractivity contribution is 7.77. The third-order valence-corrected chi connectivity index (χ3v) is 1.15. The lowest BCUT2D eigenvalue weighted by molar-refractivity contribution is -0.110. The summed E-state index contributed by atoms with van der Waals surface area (Å²) in [5.74, 6) is 0. The largest absolute Gasteiger partial charge is 0.302 e. The molecule has 42 valence electrons. The third-order valence-electron chi connectivity index (χ3n) is 0.786. The van der Waals surface area contributed by atoms with Gasteiger partial charge in [-0.25, -0.2) is 4.31 Å². The lowest BCUT2D eigenvalue weighted by Gasteiger charge is -2.09. The number of likely N-dealkylation sites (N-methyl/N-ethyl adjacent to an activating group) is 1. The van der Waals surface area contributed by atoms with E-state index in [1.165, 1.54) is 0 Å². The van der Waals surface area contributed by atoms with Crippen LogP contribution in [-0.2, 0) is 4.79 Å². The maximum absolute atomic E-state index is 9.86. The van der Waals surface area contributed by atoms with Gasteiger partial charge in [-0.15, -0.1) is 0 Å². The Kier molecular flexibility index (Phi) is 3.04. The van der Waals surface area contributed by atoms with Crippen molar-refractivity contribution in [2.24, 2.45) is 0 Å². The van der Waals surface area contributed by atoms with E-state index < -0.39 is 0 Å². The van der Waals surface area contributed by atoms with Gasteiger partial charge in [0.15, 0.2) is 0 Å². The maximum atomic E-state index is 9.86. The summed E-state index contributed by atoms with van der Waals surface area (Å²) >= 11 is 3.88. The molecule has 0 bridgehead atoms. The number of carbonyl (C=O) groups is 1. The van der Waals surface area contributed by atoms with Gasteiger partial charge in [0.05, 0.1) is 6.04 Å². The van der Waals surface area contributed by atoms with Gasteiger partial charge < -0.3 is 4.79 Å². The molecule has 0 rings (SSSR count). The van der Waals surface area contributed by atoms with Crippen LogP contribution in [0.5, 0.6) is 0 Å². The molecule has 1 unspecified atom stereocenters. The summed E-state index contributed by atoms with van der Waals surface area (Å²) in [7, 11) is 1.74. The summed E-state index contributed by atoms with van der Waals surface area (Å²) in [4.78, 5) is 9.86. The van der Waals surface area contributed by atoms with Gasteiger partial charge in [-0.1, -0.05) is 12.8 Å². The van der Waals surface area contributed by atoms with Crippen LogP contribution in [0.1, 0.15) is 6.92 Å². The predicted molar refractivity (Wildman–Crippen MR) is 32.3 cm³/mol.